The van der Waals surface area contributed by atoms with Gasteiger partial charge in [0.2, 0.25) is 11.9 Å². The number of guanidine groups is 2. The highest BCUT2D eigenvalue weighted by atomic mass is 15.4. The van der Waals surface area contributed by atoms with Gasteiger partial charge in [0.15, 0.2) is 0 Å². The van der Waals surface area contributed by atoms with Gasteiger partial charge >= 0.3 is 0 Å². The van der Waals surface area contributed by atoms with E-state index in [0.717, 1.165) is 26.2 Å². The van der Waals surface area contributed by atoms with Gasteiger partial charge in [0.05, 0.1) is 25.5 Å². The van der Waals surface area contributed by atoms with Crippen molar-refractivity contribution in [2.24, 2.45) is 20.2 Å². The highest BCUT2D eigenvalue weighted by Gasteiger charge is 2.01. The van der Waals surface area contributed by atoms with Gasteiger partial charge < -0.3 is 10.6 Å². The van der Waals surface area contributed by atoms with Crippen LogP contribution in [0.5, 0.6) is 0 Å². The number of hydrogen-bond acceptors (Lipinski definition) is 8. The molecule has 0 saturated heterocycles. The van der Waals surface area contributed by atoms with Crippen molar-refractivity contribution >= 4 is 24.3 Å². The quantitative estimate of drug-likeness (QED) is 0.330. The second kappa shape index (κ2) is 5.69. The van der Waals surface area contributed by atoms with Gasteiger partial charge in [-0.15, -0.1) is 0 Å². The maximum absolute atomic E-state index is 4.11. The third-order valence-electron chi connectivity index (χ3n) is 1.90. The number of aliphatic imine (C=N–C) groups is 2. The molecule has 0 bridgehead atoms. The summed E-state index contributed by atoms with van der Waals surface area (Å²) in [5.41, 5.74) is 5.51. The fourth-order valence-corrected chi connectivity index (χ4v) is 1.21. The monoisotopic (exact) mass is 222 g/mol. The van der Waals surface area contributed by atoms with Crippen molar-refractivity contribution < 1.29 is 0 Å². The molecule has 0 fully saturated rings. The molecular weight excluding hydrogens is 208 g/mol. The van der Waals surface area contributed by atoms with Crippen LogP contribution in [0.2, 0.25) is 0 Å². The van der Waals surface area contributed by atoms with Crippen LogP contribution in [-0.2, 0) is 0 Å². The Labute approximate surface area is 93.0 Å². The van der Waals surface area contributed by atoms with Crippen molar-refractivity contribution in [1.82, 2.24) is 21.5 Å². The number of nitrogens with zero attached hydrogens (tertiary/aromatic N) is 4. The van der Waals surface area contributed by atoms with E-state index in [4.69, 9.17) is 0 Å². The van der Waals surface area contributed by atoms with E-state index in [9.17, 15) is 0 Å². The number of hydrazone groups is 2. The third-order valence-corrected chi connectivity index (χ3v) is 1.90. The van der Waals surface area contributed by atoms with Gasteiger partial charge in [-0.1, -0.05) is 0 Å². The van der Waals surface area contributed by atoms with Gasteiger partial charge in [-0.05, 0) is 0 Å². The number of hydrogen-bond donors (Lipinski definition) is 4. The van der Waals surface area contributed by atoms with Crippen LogP contribution < -0.4 is 21.5 Å². The molecule has 8 nitrogen and oxygen atoms in total. The Morgan fingerprint density at radius 1 is 0.938 bits per heavy atom. The fraction of sp³-hybridized carbons (Fsp3) is 0.500. The maximum Gasteiger partial charge on any atom is 0.212 e. The fourth-order valence-electron chi connectivity index (χ4n) is 1.21. The molecule has 0 radical (unpaired) electrons. The van der Waals surface area contributed by atoms with Gasteiger partial charge in [0.1, 0.15) is 0 Å². The topological polar surface area (TPSA) is 97.6 Å². The van der Waals surface area contributed by atoms with E-state index in [2.05, 4.69) is 41.7 Å². The second-order valence-electron chi connectivity index (χ2n) is 3.09. The lowest BCUT2D eigenvalue weighted by Crippen LogP contribution is -2.30. The van der Waals surface area contributed by atoms with E-state index < -0.39 is 0 Å². The molecule has 2 heterocycles. The first kappa shape index (κ1) is 10.4. The minimum atomic E-state index is 0.694. The van der Waals surface area contributed by atoms with Crippen molar-refractivity contribution in [1.29, 1.82) is 0 Å². The lowest BCUT2D eigenvalue weighted by molar-refractivity contribution is 0.917. The summed E-state index contributed by atoms with van der Waals surface area (Å²) < 4.78 is 0. The molecule has 0 aromatic carbocycles. The van der Waals surface area contributed by atoms with E-state index in [1.807, 2.05) is 0 Å². The first-order chi connectivity index (χ1) is 7.95. The van der Waals surface area contributed by atoms with Crippen LogP contribution in [0.15, 0.2) is 20.2 Å². The molecule has 16 heavy (non-hydrogen) atoms. The van der Waals surface area contributed by atoms with E-state index in [0.29, 0.717) is 11.9 Å². The smallest absolute Gasteiger partial charge is 0.212 e. The predicted molar refractivity (Wildman–Crippen MR) is 63.9 cm³/mol. The van der Waals surface area contributed by atoms with E-state index in [1.165, 1.54) is 12.4 Å². The van der Waals surface area contributed by atoms with Crippen LogP contribution in [0.25, 0.3) is 0 Å². The van der Waals surface area contributed by atoms with E-state index in [1.54, 1.807) is 0 Å². The highest BCUT2D eigenvalue weighted by molar-refractivity contribution is 6.16. The molecule has 0 aromatic rings. The largest absolute Gasteiger partial charge is 0.353 e. The zero-order valence-electron chi connectivity index (χ0n) is 8.77. The highest BCUT2D eigenvalue weighted by Crippen LogP contribution is 1.80. The van der Waals surface area contributed by atoms with Crippen LogP contribution in [0.1, 0.15) is 0 Å². The molecule has 0 unspecified atom stereocenters. The van der Waals surface area contributed by atoms with Gasteiger partial charge in [-0.3, -0.25) is 0 Å². The van der Waals surface area contributed by atoms with Crippen molar-refractivity contribution in [3.8, 4) is 0 Å². The summed E-state index contributed by atoms with van der Waals surface area (Å²) in [4.78, 5) is 8.22. The van der Waals surface area contributed by atoms with Crippen molar-refractivity contribution in [3.63, 3.8) is 0 Å². The Bertz CT molecular complexity index is 308. The SMILES string of the molecule is C(/C=N\NC1=NCCN1)=N/NC1=NCCN1. The average Bonchev–Trinajstić information content (AvgIpc) is 2.96. The summed E-state index contributed by atoms with van der Waals surface area (Å²) >= 11 is 0. The number of rotatable bonds is 3. The van der Waals surface area contributed by atoms with Crippen LogP contribution in [0.4, 0.5) is 0 Å². The third kappa shape index (κ3) is 3.23. The molecule has 86 valence electrons. The Balaban J connectivity index is 1.62. The molecule has 2 aliphatic heterocycles. The molecule has 0 amide bonds. The summed E-state index contributed by atoms with van der Waals surface area (Å²) in [5.74, 6) is 1.39. The van der Waals surface area contributed by atoms with Crippen LogP contribution in [-0.4, -0.2) is 50.5 Å². The predicted octanol–water partition coefficient (Wildman–Crippen LogP) is -1.94. The van der Waals surface area contributed by atoms with E-state index in [-0.39, 0.29) is 0 Å². The lowest BCUT2D eigenvalue weighted by Gasteiger charge is -1.98. The Morgan fingerprint density at radius 3 is 1.81 bits per heavy atom. The number of nitrogens with one attached hydrogen (secondary N) is 4. The average molecular weight is 222 g/mol. The Kier molecular flexibility index (Phi) is 3.70. The van der Waals surface area contributed by atoms with Gasteiger partial charge in [0.25, 0.3) is 0 Å². The minimum Gasteiger partial charge on any atom is -0.353 e. The lowest BCUT2D eigenvalue weighted by atomic mass is 10.7. The van der Waals surface area contributed by atoms with Gasteiger partial charge in [0, 0.05) is 13.1 Å². The molecule has 0 atom stereocenters. The van der Waals surface area contributed by atoms with Crippen molar-refractivity contribution in [2.75, 3.05) is 26.2 Å². The molecule has 0 aliphatic carbocycles. The van der Waals surface area contributed by atoms with Gasteiger partial charge in [-0.25, -0.2) is 20.8 Å². The molecule has 0 aromatic heterocycles. The van der Waals surface area contributed by atoms with Crippen molar-refractivity contribution in [3.05, 3.63) is 0 Å². The summed E-state index contributed by atoms with van der Waals surface area (Å²) in [5, 5.41) is 13.9. The van der Waals surface area contributed by atoms with Gasteiger partial charge in [-0.2, -0.15) is 10.2 Å². The molecule has 0 saturated carbocycles. The van der Waals surface area contributed by atoms with Crippen LogP contribution in [0, 0.1) is 0 Å². The van der Waals surface area contributed by atoms with Crippen molar-refractivity contribution in [2.45, 2.75) is 0 Å². The molecule has 8 heteroatoms. The summed E-state index contributed by atoms with van der Waals surface area (Å²) in [6.07, 6.45) is 3.07. The van der Waals surface area contributed by atoms with Crippen LogP contribution in [0.3, 0.4) is 0 Å². The Hall–Kier alpha value is -2.12. The molecule has 2 rings (SSSR count). The standard InChI is InChI=1S/C8H14N8/c1-2-10-7(9-1)15-13-5-6-14-16-8-11-3-4-12-8/h5-6H,1-4H2,(H2,9,10,15)(H2,11,12,16)/b13-5-,14-6-. The molecule has 4 N–H and O–H groups in total. The maximum atomic E-state index is 4.11. The van der Waals surface area contributed by atoms with Crippen LogP contribution >= 0.6 is 0 Å². The summed E-state index contributed by atoms with van der Waals surface area (Å²) in [7, 11) is 0. The zero-order valence-corrected chi connectivity index (χ0v) is 8.77. The zero-order chi connectivity index (χ0) is 11.1. The first-order valence-corrected chi connectivity index (χ1v) is 5.08. The Morgan fingerprint density at radius 2 is 1.44 bits per heavy atom. The first-order valence-electron chi connectivity index (χ1n) is 5.08. The molecule has 0 spiro atoms. The molecular formula is C8H14N8. The van der Waals surface area contributed by atoms with E-state index >= 15 is 0 Å². The second-order valence-corrected chi connectivity index (χ2v) is 3.09. The summed E-state index contributed by atoms with van der Waals surface area (Å²) in [6.45, 7) is 3.30. The summed E-state index contributed by atoms with van der Waals surface area (Å²) in [6, 6.07) is 0. The minimum absolute atomic E-state index is 0.694. The molecule has 2 aliphatic rings. The normalized spacial score (nSPS) is 19.5.